The van der Waals surface area contributed by atoms with Crippen LogP contribution in [0.4, 0.5) is 0 Å². The van der Waals surface area contributed by atoms with E-state index in [-0.39, 0.29) is 12.2 Å². The van der Waals surface area contributed by atoms with Crippen molar-refractivity contribution < 1.29 is 38.1 Å². The van der Waals surface area contributed by atoms with E-state index in [1.54, 1.807) is 0 Å². The number of hydrogen-bond acceptors (Lipinski definition) is 8. The Hall–Kier alpha value is -2.64. The second kappa shape index (κ2) is 10.2. The summed E-state index contributed by atoms with van der Waals surface area (Å²) < 4.78 is 19.5. The molecule has 0 heterocycles. The highest BCUT2D eigenvalue weighted by Gasteiger charge is 2.26. The van der Waals surface area contributed by atoms with Crippen LogP contribution in [0.3, 0.4) is 0 Å². The van der Waals surface area contributed by atoms with Crippen molar-refractivity contribution in [3.63, 3.8) is 0 Å². The lowest BCUT2D eigenvalue weighted by Crippen LogP contribution is -2.31. The smallest absolute Gasteiger partial charge is 0.344 e. The van der Waals surface area contributed by atoms with E-state index < -0.39 is 37.1 Å². The second-order valence-electron chi connectivity index (χ2n) is 5.00. The molecule has 0 amide bonds. The van der Waals surface area contributed by atoms with Crippen molar-refractivity contribution in [2.24, 2.45) is 0 Å². The lowest BCUT2D eigenvalue weighted by Gasteiger charge is -2.28. The molecular weight excluding hydrogens is 320 g/mol. The zero-order chi connectivity index (χ0) is 17.9. The van der Waals surface area contributed by atoms with Gasteiger partial charge in [0, 0.05) is 12.2 Å². The van der Waals surface area contributed by atoms with Gasteiger partial charge in [-0.3, -0.25) is 0 Å². The summed E-state index contributed by atoms with van der Waals surface area (Å²) in [4.78, 5) is 44.7. The van der Waals surface area contributed by atoms with Gasteiger partial charge in [0.05, 0.1) is 0 Å². The molecule has 0 aromatic carbocycles. The van der Waals surface area contributed by atoms with Crippen LogP contribution in [-0.2, 0) is 38.1 Å². The molecule has 0 atom stereocenters. The molecule has 1 aliphatic rings. The van der Waals surface area contributed by atoms with Crippen molar-refractivity contribution in [1.29, 1.82) is 0 Å². The molecular formula is C16H20O8. The van der Waals surface area contributed by atoms with Crippen molar-refractivity contribution >= 4 is 23.9 Å². The monoisotopic (exact) mass is 340 g/mol. The van der Waals surface area contributed by atoms with Crippen LogP contribution in [-0.4, -0.2) is 49.3 Å². The van der Waals surface area contributed by atoms with Crippen LogP contribution in [0.25, 0.3) is 0 Å². The van der Waals surface area contributed by atoms with Crippen molar-refractivity contribution in [3.05, 3.63) is 25.3 Å². The summed E-state index contributed by atoms with van der Waals surface area (Å²) in [5.41, 5.74) is 0. The number of ether oxygens (including phenoxy) is 4. The van der Waals surface area contributed by atoms with E-state index in [1.807, 2.05) is 0 Å². The first-order valence-electron chi connectivity index (χ1n) is 7.42. The summed E-state index contributed by atoms with van der Waals surface area (Å²) in [6, 6.07) is 0. The fraction of sp³-hybridized carbons (Fsp3) is 0.500. The predicted octanol–water partition coefficient (Wildman–Crippen LogP) is 0.842. The maximum absolute atomic E-state index is 11.5. The molecule has 0 aliphatic heterocycles. The SMILES string of the molecule is C=CC(=O)OCC(=O)OC1CCC(OC(=O)COC(=O)C=C)CC1. The summed E-state index contributed by atoms with van der Waals surface area (Å²) in [6.45, 7) is 5.50. The molecule has 24 heavy (non-hydrogen) atoms. The highest BCUT2D eigenvalue weighted by atomic mass is 16.6. The van der Waals surface area contributed by atoms with Crippen LogP contribution in [0, 0.1) is 0 Å². The summed E-state index contributed by atoms with van der Waals surface area (Å²) in [5, 5.41) is 0. The molecule has 1 rings (SSSR count). The molecule has 0 bridgehead atoms. The largest absolute Gasteiger partial charge is 0.460 e. The Morgan fingerprint density at radius 1 is 0.750 bits per heavy atom. The van der Waals surface area contributed by atoms with Gasteiger partial charge in [-0.05, 0) is 25.7 Å². The maximum atomic E-state index is 11.5. The second-order valence-corrected chi connectivity index (χ2v) is 5.00. The zero-order valence-electron chi connectivity index (χ0n) is 13.2. The van der Waals surface area contributed by atoms with Crippen molar-refractivity contribution in [2.45, 2.75) is 37.9 Å². The van der Waals surface area contributed by atoms with Crippen LogP contribution in [0.15, 0.2) is 25.3 Å². The van der Waals surface area contributed by atoms with Gasteiger partial charge in [-0.2, -0.15) is 0 Å². The normalized spacial score (nSPS) is 19.5. The minimum Gasteiger partial charge on any atom is -0.460 e. The van der Waals surface area contributed by atoms with E-state index in [9.17, 15) is 19.2 Å². The fourth-order valence-corrected chi connectivity index (χ4v) is 2.09. The third-order valence-corrected chi connectivity index (χ3v) is 3.22. The highest BCUT2D eigenvalue weighted by molar-refractivity contribution is 5.84. The van der Waals surface area contributed by atoms with Crippen molar-refractivity contribution in [2.75, 3.05) is 13.2 Å². The van der Waals surface area contributed by atoms with Gasteiger partial charge in [-0.25, -0.2) is 19.2 Å². The van der Waals surface area contributed by atoms with Crippen LogP contribution < -0.4 is 0 Å². The topological polar surface area (TPSA) is 105 Å². The Kier molecular flexibility index (Phi) is 8.24. The third kappa shape index (κ3) is 7.57. The van der Waals surface area contributed by atoms with Crippen LogP contribution >= 0.6 is 0 Å². The van der Waals surface area contributed by atoms with Gasteiger partial charge in [-0.15, -0.1) is 0 Å². The summed E-state index contributed by atoms with van der Waals surface area (Å²) in [6.07, 6.45) is 3.37. The Labute approximate surface area is 139 Å². The number of hydrogen-bond donors (Lipinski definition) is 0. The molecule has 0 aromatic rings. The first kappa shape index (κ1) is 19.4. The molecule has 8 nitrogen and oxygen atoms in total. The fourth-order valence-electron chi connectivity index (χ4n) is 2.09. The average molecular weight is 340 g/mol. The van der Waals surface area contributed by atoms with Crippen LogP contribution in [0.2, 0.25) is 0 Å². The number of rotatable bonds is 8. The molecule has 0 saturated heterocycles. The Balaban J connectivity index is 2.21. The van der Waals surface area contributed by atoms with E-state index in [0.29, 0.717) is 25.7 Å². The highest BCUT2D eigenvalue weighted by Crippen LogP contribution is 2.23. The molecule has 0 radical (unpaired) electrons. The standard InChI is InChI=1S/C16H20O8/c1-3-13(17)21-9-15(19)23-11-5-7-12(8-6-11)24-16(20)10-22-14(18)4-2/h3-4,11-12H,1-2,5-10H2. The van der Waals surface area contributed by atoms with Gasteiger partial charge in [0.25, 0.3) is 0 Å². The van der Waals surface area contributed by atoms with Gasteiger partial charge in [-0.1, -0.05) is 13.2 Å². The first-order chi connectivity index (χ1) is 11.4. The predicted molar refractivity (Wildman–Crippen MR) is 80.5 cm³/mol. The molecule has 0 spiro atoms. The lowest BCUT2D eigenvalue weighted by molar-refractivity contribution is -0.166. The Morgan fingerprint density at radius 3 is 1.38 bits per heavy atom. The van der Waals surface area contributed by atoms with Crippen molar-refractivity contribution in [1.82, 2.24) is 0 Å². The minimum absolute atomic E-state index is 0.312. The number of carbonyl (C=O) groups is 4. The minimum atomic E-state index is -0.695. The molecule has 8 heteroatoms. The summed E-state index contributed by atoms with van der Waals surface area (Å²) >= 11 is 0. The molecule has 0 N–H and O–H groups in total. The van der Waals surface area contributed by atoms with Gasteiger partial charge >= 0.3 is 23.9 Å². The molecule has 1 aliphatic carbocycles. The Morgan fingerprint density at radius 2 is 1.08 bits per heavy atom. The molecule has 1 fully saturated rings. The van der Waals surface area contributed by atoms with Crippen molar-refractivity contribution in [3.8, 4) is 0 Å². The van der Waals surface area contributed by atoms with E-state index in [0.717, 1.165) is 12.2 Å². The Bertz CT molecular complexity index is 456. The first-order valence-corrected chi connectivity index (χ1v) is 7.42. The maximum Gasteiger partial charge on any atom is 0.344 e. The van der Waals surface area contributed by atoms with Crippen LogP contribution in [0.1, 0.15) is 25.7 Å². The zero-order valence-corrected chi connectivity index (χ0v) is 13.2. The van der Waals surface area contributed by atoms with Crippen LogP contribution in [0.5, 0.6) is 0 Å². The lowest BCUT2D eigenvalue weighted by atomic mass is 9.95. The molecule has 0 aromatic heterocycles. The summed E-state index contributed by atoms with van der Waals surface area (Å²) in [7, 11) is 0. The van der Waals surface area contributed by atoms with Gasteiger partial charge in [0.1, 0.15) is 12.2 Å². The van der Waals surface area contributed by atoms with Gasteiger partial charge in [0.2, 0.25) is 0 Å². The van der Waals surface area contributed by atoms with E-state index >= 15 is 0 Å². The quantitative estimate of drug-likeness (QED) is 0.364. The molecule has 132 valence electrons. The third-order valence-electron chi connectivity index (χ3n) is 3.22. The van der Waals surface area contributed by atoms with E-state index in [2.05, 4.69) is 22.6 Å². The molecule has 0 unspecified atom stereocenters. The van der Waals surface area contributed by atoms with E-state index in [4.69, 9.17) is 9.47 Å². The number of carbonyl (C=O) groups excluding carboxylic acids is 4. The van der Waals surface area contributed by atoms with Gasteiger partial charge < -0.3 is 18.9 Å². The van der Waals surface area contributed by atoms with Gasteiger partial charge in [0.15, 0.2) is 13.2 Å². The molecule has 1 saturated carbocycles. The van der Waals surface area contributed by atoms with E-state index in [1.165, 1.54) is 0 Å². The summed E-state index contributed by atoms with van der Waals surface area (Å²) in [5.74, 6) is -2.66. The number of esters is 4. The average Bonchev–Trinajstić information content (AvgIpc) is 2.59.